The summed E-state index contributed by atoms with van der Waals surface area (Å²) in [6, 6.07) is 12.2. The van der Waals surface area contributed by atoms with Gasteiger partial charge in [0.25, 0.3) is 0 Å². The van der Waals surface area contributed by atoms with Gasteiger partial charge in [-0.3, -0.25) is 4.90 Å². The van der Waals surface area contributed by atoms with Crippen molar-refractivity contribution in [3.63, 3.8) is 0 Å². The maximum Gasteiger partial charge on any atom is 0.0925 e. The first-order valence-corrected chi connectivity index (χ1v) is 8.80. The van der Waals surface area contributed by atoms with Crippen molar-refractivity contribution in [2.24, 2.45) is 5.41 Å². The zero-order chi connectivity index (χ0) is 16.1. The van der Waals surface area contributed by atoms with E-state index in [0.29, 0.717) is 19.8 Å². The molecule has 1 aromatic heterocycles. The van der Waals surface area contributed by atoms with Crippen molar-refractivity contribution in [2.45, 2.75) is 12.6 Å². The molecule has 2 N–H and O–H groups in total. The van der Waals surface area contributed by atoms with Gasteiger partial charge in [0.05, 0.1) is 31.3 Å². The first-order valence-electron chi connectivity index (χ1n) is 7.86. The lowest BCUT2D eigenvalue weighted by Gasteiger charge is -2.43. The van der Waals surface area contributed by atoms with Crippen molar-refractivity contribution in [3.8, 4) is 0 Å². The molecule has 0 amide bonds. The molecular weight excluding hydrogens is 310 g/mol. The number of aliphatic hydroxyl groups excluding tert-OH is 2. The number of hydrogen-bond acceptors (Lipinski definition) is 5. The maximum atomic E-state index is 10.5. The molecule has 1 aliphatic rings. The van der Waals surface area contributed by atoms with Crippen LogP contribution in [0, 0.1) is 5.41 Å². The summed E-state index contributed by atoms with van der Waals surface area (Å²) >= 11 is 1.59. The van der Waals surface area contributed by atoms with E-state index in [-0.39, 0.29) is 12.0 Å². The SMILES string of the molecule is OCC1(CN(Cc2ccccc2)CC(O)c2ccsc2)COC1. The highest BCUT2D eigenvalue weighted by Gasteiger charge is 2.39. The normalized spacial score (nSPS) is 17.9. The Balaban J connectivity index is 1.70. The third kappa shape index (κ3) is 4.19. The largest absolute Gasteiger partial charge is 0.396 e. The molecular formula is C18H23NO3S. The van der Waals surface area contributed by atoms with Crippen LogP contribution in [0.4, 0.5) is 0 Å². The minimum atomic E-state index is -0.512. The van der Waals surface area contributed by atoms with E-state index in [0.717, 1.165) is 18.7 Å². The third-order valence-corrected chi connectivity index (χ3v) is 5.02. The van der Waals surface area contributed by atoms with Gasteiger partial charge >= 0.3 is 0 Å². The van der Waals surface area contributed by atoms with Gasteiger partial charge < -0.3 is 14.9 Å². The van der Waals surface area contributed by atoms with E-state index in [9.17, 15) is 10.2 Å². The Kier molecular flexibility index (Phi) is 5.46. The smallest absolute Gasteiger partial charge is 0.0925 e. The number of ether oxygens (including phenoxy) is 1. The van der Waals surface area contributed by atoms with E-state index in [4.69, 9.17) is 4.74 Å². The molecule has 1 saturated heterocycles. The van der Waals surface area contributed by atoms with Gasteiger partial charge in [-0.2, -0.15) is 11.3 Å². The molecule has 0 radical (unpaired) electrons. The fourth-order valence-corrected chi connectivity index (χ4v) is 3.65. The molecule has 0 saturated carbocycles. The maximum absolute atomic E-state index is 10.5. The lowest BCUT2D eigenvalue weighted by atomic mass is 9.86. The van der Waals surface area contributed by atoms with E-state index < -0.39 is 6.10 Å². The van der Waals surface area contributed by atoms with Gasteiger partial charge in [-0.25, -0.2) is 0 Å². The van der Waals surface area contributed by atoms with Gasteiger partial charge in [-0.15, -0.1) is 0 Å². The Labute approximate surface area is 141 Å². The molecule has 2 aromatic rings. The zero-order valence-corrected chi connectivity index (χ0v) is 13.9. The van der Waals surface area contributed by atoms with Crippen LogP contribution in [0.2, 0.25) is 0 Å². The third-order valence-electron chi connectivity index (χ3n) is 4.32. The Morgan fingerprint density at radius 3 is 2.57 bits per heavy atom. The van der Waals surface area contributed by atoms with Gasteiger partial charge in [-0.1, -0.05) is 30.3 Å². The first kappa shape index (κ1) is 16.6. The van der Waals surface area contributed by atoms with Crippen molar-refractivity contribution in [1.82, 2.24) is 4.90 Å². The number of thiophene rings is 1. The van der Waals surface area contributed by atoms with E-state index in [1.807, 2.05) is 35.0 Å². The number of rotatable bonds is 8. The van der Waals surface area contributed by atoms with E-state index in [1.54, 1.807) is 11.3 Å². The lowest BCUT2D eigenvalue weighted by Crippen LogP contribution is -2.53. The zero-order valence-electron chi connectivity index (χ0n) is 13.1. The van der Waals surface area contributed by atoms with E-state index >= 15 is 0 Å². The van der Waals surface area contributed by atoms with Crippen molar-refractivity contribution in [3.05, 3.63) is 58.3 Å². The highest BCUT2D eigenvalue weighted by Crippen LogP contribution is 2.29. The van der Waals surface area contributed by atoms with Crippen LogP contribution in [-0.4, -0.2) is 48.0 Å². The summed E-state index contributed by atoms with van der Waals surface area (Å²) in [7, 11) is 0. The highest BCUT2D eigenvalue weighted by molar-refractivity contribution is 7.07. The predicted molar refractivity (Wildman–Crippen MR) is 91.3 cm³/mol. The molecule has 124 valence electrons. The van der Waals surface area contributed by atoms with E-state index in [2.05, 4.69) is 17.0 Å². The molecule has 1 atom stereocenters. The number of hydrogen-bond donors (Lipinski definition) is 2. The Bertz CT molecular complexity index is 578. The van der Waals surface area contributed by atoms with Gasteiger partial charge in [0, 0.05) is 19.6 Å². The predicted octanol–water partition coefficient (Wildman–Crippen LogP) is 2.29. The van der Waals surface area contributed by atoms with Crippen molar-refractivity contribution >= 4 is 11.3 Å². The molecule has 0 aliphatic carbocycles. The monoisotopic (exact) mass is 333 g/mol. The second kappa shape index (κ2) is 7.55. The molecule has 23 heavy (non-hydrogen) atoms. The molecule has 1 unspecified atom stereocenters. The average molecular weight is 333 g/mol. The van der Waals surface area contributed by atoms with Crippen LogP contribution < -0.4 is 0 Å². The van der Waals surface area contributed by atoms with Gasteiger partial charge in [0.1, 0.15) is 0 Å². The summed E-state index contributed by atoms with van der Waals surface area (Å²) in [4.78, 5) is 2.22. The molecule has 5 heteroatoms. The molecule has 1 aliphatic heterocycles. The Hall–Kier alpha value is -1.24. The second-order valence-electron chi connectivity index (χ2n) is 6.38. The summed E-state index contributed by atoms with van der Waals surface area (Å²) in [6.07, 6.45) is -0.512. The molecule has 1 aromatic carbocycles. The Morgan fingerprint density at radius 2 is 2.00 bits per heavy atom. The summed E-state index contributed by atoms with van der Waals surface area (Å²) in [5.74, 6) is 0. The van der Waals surface area contributed by atoms with Crippen LogP contribution in [0.3, 0.4) is 0 Å². The topological polar surface area (TPSA) is 52.9 Å². The Morgan fingerprint density at radius 1 is 1.22 bits per heavy atom. The number of benzene rings is 1. The summed E-state index contributed by atoms with van der Waals surface area (Å²) in [6.45, 7) is 3.32. The van der Waals surface area contributed by atoms with Crippen molar-refractivity contribution < 1.29 is 14.9 Å². The molecule has 0 bridgehead atoms. The van der Waals surface area contributed by atoms with Gasteiger partial charge in [-0.05, 0) is 28.0 Å². The van der Waals surface area contributed by atoms with E-state index in [1.165, 1.54) is 5.56 Å². The average Bonchev–Trinajstić information content (AvgIpc) is 3.06. The van der Waals surface area contributed by atoms with Gasteiger partial charge in [0.15, 0.2) is 0 Å². The standard InChI is InChI=1S/C18H23NO3S/c20-12-18(13-22-14-18)11-19(8-15-4-2-1-3-5-15)9-17(21)16-6-7-23-10-16/h1-7,10,17,20-21H,8-9,11-14H2. The summed E-state index contributed by atoms with van der Waals surface area (Å²) in [5.41, 5.74) is 1.97. The van der Waals surface area contributed by atoms with Crippen LogP contribution in [0.1, 0.15) is 17.2 Å². The minimum Gasteiger partial charge on any atom is -0.396 e. The molecule has 1 fully saturated rings. The number of nitrogens with zero attached hydrogens (tertiary/aromatic N) is 1. The van der Waals surface area contributed by atoms with Crippen molar-refractivity contribution in [2.75, 3.05) is 32.9 Å². The fraction of sp³-hybridized carbons (Fsp3) is 0.444. The summed E-state index contributed by atoms with van der Waals surface area (Å²) < 4.78 is 5.31. The van der Waals surface area contributed by atoms with Crippen LogP contribution in [0.15, 0.2) is 47.2 Å². The van der Waals surface area contributed by atoms with Crippen LogP contribution in [0.25, 0.3) is 0 Å². The van der Waals surface area contributed by atoms with Crippen LogP contribution in [-0.2, 0) is 11.3 Å². The quantitative estimate of drug-likeness (QED) is 0.778. The number of aliphatic hydroxyl groups is 2. The molecule has 2 heterocycles. The second-order valence-corrected chi connectivity index (χ2v) is 7.16. The highest BCUT2D eigenvalue weighted by atomic mass is 32.1. The van der Waals surface area contributed by atoms with Crippen molar-refractivity contribution in [1.29, 1.82) is 0 Å². The van der Waals surface area contributed by atoms with Gasteiger partial charge in [0.2, 0.25) is 0 Å². The first-order chi connectivity index (χ1) is 11.2. The fourth-order valence-electron chi connectivity index (χ4n) is 2.94. The molecule has 0 spiro atoms. The minimum absolute atomic E-state index is 0.118. The lowest BCUT2D eigenvalue weighted by molar-refractivity contribution is -0.151. The van der Waals surface area contributed by atoms with Crippen LogP contribution >= 0.6 is 11.3 Å². The van der Waals surface area contributed by atoms with Crippen LogP contribution in [0.5, 0.6) is 0 Å². The molecule has 4 nitrogen and oxygen atoms in total. The molecule has 3 rings (SSSR count). The summed E-state index contributed by atoms with van der Waals surface area (Å²) in [5, 5.41) is 24.2.